The quantitative estimate of drug-likeness (QED) is 0.730. The van der Waals surface area contributed by atoms with Gasteiger partial charge in [0.15, 0.2) is 0 Å². The van der Waals surface area contributed by atoms with Gasteiger partial charge in [-0.1, -0.05) is 6.92 Å². The minimum Gasteiger partial charge on any atom is -0.478 e. The summed E-state index contributed by atoms with van der Waals surface area (Å²) in [5.74, 6) is -1.04. The summed E-state index contributed by atoms with van der Waals surface area (Å²) in [6.45, 7) is 1.82. The van der Waals surface area contributed by atoms with E-state index in [0.29, 0.717) is 22.4 Å². The van der Waals surface area contributed by atoms with Crippen LogP contribution in [0.25, 0.3) is 0 Å². The van der Waals surface area contributed by atoms with Gasteiger partial charge in [-0.2, -0.15) is 5.26 Å². The standard InChI is InChI=1S/C10H9NO2S/c1-2-7-6(5-11)3-4-8(14)9(7)10(12)13/h3-4,14H,2H2,1H3,(H,12,13). The fraction of sp³-hybridized carbons (Fsp3) is 0.200. The van der Waals surface area contributed by atoms with Gasteiger partial charge in [-0.05, 0) is 24.1 Å². The molecule has 1 aromatic rings. The minimum atomic E-state index is -1.04. The second-order valence-electron chi connectivity index (χ2n) is 2.76. The summed E-state index contributed by atoms with van der Waals surface area (Å²) in [6.07, 6.45) is 0.513. The van der Waals surface area contributed by atoms with E-state index in [1.54, 1.807) is 6.07 Å². The van der Waals surface area contributed by atoms with Gasteiger partial charge >= 0.3 is 5.97 Å². The van der Waals surface area contributed by atoms with E-state index in [1.165, 1.54) is 6.07 Å². The van der Waals surface area contributed by atoms with E-state index in [2.05, 4.69) is 12.6 Å². The molecular weight excluding hydrogens is 198 g/mol. The first-order chi connectivity index (χ1) is 6.61. The van der Waals surface area contributed by atoms with Crippen molar-refractivity contribution in [3.63, 3.8) is 0 Å². The van der Waals surface area contributed by atoms with Crippen molar-refractivity contribution < 1.29 is 9.90 Å². The average Bonchev–Trinajstić information content (AvgIpc) is 2.16. The molecule has 1 N–H and O–H groups in total. The van der Waals surface area contributed by atoms with Gasteiger partial charge in [0, 0.05) is 4.90 Å². The van der Waals surface area contributed by atoms with Gasteiger partial charge in [0.05, 0.1) is 17.2 Å². The topological polar surface area (TPSA) is 61.1 Å². The van der Waals surface area contributed by atoms with Crippen LogP contribution in [0, 0.1) is 11.3 Å². The lowest BCUT2D eigenvalue weighted by Crippen LogP contribution is -2.05. The lowest BCUT2D eigenvalue weighted by molar-refractivity contribution is 0.0692. The number of benzene rings is 1. The number of nitrogens with zero attached hydrogens (tertiary/aromatic N) is 1. The zero-order valence-electron chi connectivity index (χ0n) is 7.61. The number of carboxylic acids is 1. The second kappa shape index (κ2) is 4.16. The highest BCUT2D eigenvalue weighted by Crippen LogP contribution is 2.22. The Labute approximate surface area is 87.4 Å². The lowest BCUT2D eigenvalue weighted by atomic mass is 9.99. The molecule has 0 aromatic heterocycles. The first-order valence-electron chi connectivity index (χ1n) is 4.10. The fourth-order valence-electron chi connectivity index (χ4n) is 1.35. The molecule has 0 spiro atoms. The molecule has 14 heavy (non-hydrogen) atoms. The van der Waals surface area contributed by atoms with Crippen molar-refractivity contribution >= 4 is 18.6 Å². The number of thiol groups is 1. The maximum Gasteiger partial charge on any atom is 0.337 e. The summed E-state index contributed by atoms with van der Waals surface area (Å²) in [6, 6.07) is 5.09. The van der Waals surface area contributed by atoms with E-state index >= 15 is 0 Å². The molecule has 0 fully saturated rings. The molecule has 0 aliphatic carbocycles. The van der Waals surface area contributed by atoms with Crippen LogP contribution < -0.4 is 0 Å². The summed E-state index contributed by atoms with van der Waals surface area (Å²) in [5.41, 5.74) is 1.09. The first-order valence-corrected chi connectivity index (χ1v) is 4.54. The van der Waals surface area contributed by atoms with Crippen LogP contribution in [0.2, 0.25) is 0 Å². The minimum absolute atomic E-state index is 0.134. The highest BCUT2D eigenvalue weighted by Gasteiger charge is 2.15. The number of nitriles is 1. The van der Waals surface area contributed by atoms with Gasteiger partial charge in [0.1, 0.15) is 0 Å². The highest BCUT2D eigenvalue weighted by atomic mass is 32.1. The maximum absolute atomic E-state index is 10.9. The molecule has 0 heterocycles. The molecule has 72 valence electrons. The monoisotopic (exact) mass is 207 g/mol. The van der Waals surface area contributed by atoms with E-state index in [9.17, 15) is 4.79 Å². The molecule has 4 heteroatoms. The van der Waals surface area contributed by atoms with E-state index in [-0.39, 0.29) is 5.56 Å². The average molecular weight is 207 g/mol. The molecule has 0 aliphatic heterocycles. The Kier molecular flexibility index (Phi) is 3.15. The van der Waals surface area contributed by atoms with Crippen LogP contribution in [-0.2, 0) is 6.42 Å². The zero-order valence-corrected chi connectivity index (χ0v) is 8.51. The fourth-order valence-corrected chi connectivity index (χ4v) is 1.65. The SMILES string of the molecule is CCc1c(C#N)ccc(S)c1C(=O)O. The van der Waals surface area contributed by atoms with Crippen molar-refractivity contribution in [1.29, 1.82) is 5.26 Å². The van der Waals surface area contributed by atoms with Gasteiger partial charge < -0.3 is 5.11 Å². The number of carbonyl (C=O) groups is 1. The van der Waals surface area contributed by atoms with Crippen molar-refractivity contribution in [2.24, 2.45) is 0 Å². The molecule has 1 aromatic carbocycles. The zero-order chi connectivity index (χ0) is 10.7. The Bertz CT molecular complexity index is 421. The van der Waals surface area contributed by atoms with Gasteiger partial charge in [-0.25, -0.2) is 4.79 Å². The molecule has 0 amide bonds. The summed E-state index contributed by atoms with van der Waals surface area (Å²) >= 11 is 4.06. The number of carboxylic acid groups (broad SMARTS) is 1. The molecular formula is C10H9NO2S. The molecule has 0 aliphatic rings. The largest absolute Gasteiger partial charge is 0.478 e. The molecule has 0 unspecified atom stereocenters. The molecule has 0 atom stereocenters. The Hall–Kier alpha value is -1.47. The van der Waals surface area contributed by atoms with Crippen molar-refractivity contribution in [2.75, 3.05) is 0 Å². The third kappa shape index (κ3) is 1.73. The normalized spacial score (nSPS) is 9.50. The van der Waals surface area contributed by atoms with Crippen LogP contribution in [0.15, 0.2) is 17.0 Å². The summed E-state index contributed by atoms with van der Waals surface area (Å²) in [5, 5.41) is 17.7. The number of hydrogen-bond acceptors (Lipinski definition) is 3. The lowest BCUT2D eigenvalue weighted by Gasteiger charge is -2.07. The number of hydrogen-bond donors (Lipinski definition) is 2. The van der Waals surface area contributed by atoms with Crippen molar-refractivity contribution in [3.05, 3.63) is 28.8 Å². The molecule has 1 rings (SSSR count). The van der Waals surface area contributed by atoms with E-state index in [4.69, 9.17) is 10.4 Å². The maximum atomic E-state index is 10.9. The van der Waals surface area contributed by atoms with E-state index in [0.717, 1.165) is 0 Å². The number of rotatable bonds is 2. The van der Waals surface area contributed by atoms with Crippen LogP contribution in [0.1, 0.15) is 28.4 Å². The van der Waals surface area contributed by atoms with Crippen molar-refractivity contribution in [3.8, 4) is 6.07 Å². The van der Waals surface area contributed by atoms with Crippen LogP contribution in [0.5, 0.6) is 0 Å². The Morgan fingerprint density at radius 2 is 2.29 bits per heavy atom. The predicted octanol–water partition coefficient (Wildman–Crippen LogP) is 2.11. The molecule has 0 bridgehead atoms. The molecule has 0 saturated carbocycles. The van der Waals surface area contributed by atoms with Crippen LogP contribution >= 0.6 is 12.6 Å². The van der Waals surface area contributed by atoms with E-state index < -0.39 is 5.97 Å². The third-order valence-corrected chi connectivity index (χ3v) is 2.35. The number of aromatic carboxylic acids is 1. The molecule has 0 radical (unpaired) electrons. The van der Waals surface area contributed by atoms with Gasteiger partial charge in [-0.15, -0.1) is 12.6 Å². The van der Waals surface area contributed by atoms with Gasteiger partial charge in [-0.3, -0.25) is 0 Å². The van der Waals surface area contributed by atoms with E-state index in [1.807, 2.05) is 13.0 Å². The van der Waals surface area contributed by atoms with Crippen LogP contribution in [0.3, 0.4) is 0 Å². The predicted molar refractivity (Wildman–Crippen MR) is 54.7 cm³/mol. The summed E-state index contributed by atoms with van der Waals surface area (Å²) in [7, 11) is 0. The van der Waals surface area contributed by atoms with Crippen LogP contribution in [0.4, 0.5) is 0 Å². The van der Waals surface area contributed by atoms with Crippen LogP contribution in [-0.4, -0.2) is 11.1 Å². The molecule has 3 nitrogen and oxygen atoms in total. The summed E-state index contributed by atoms with van der Waals surface area (Å²) < 4.78 is 0. The van der Waals surface area contributed by atoms with Crippen molar-refractivity contribution in [1.82, 2.24) is 0 Å². The third-order valence-electron chi connectivity index (χ3n) is 1.98. The van der Waals surface area contributed by atoms with Gasteiger partial charge in [0.2, 0.25) is 0 Å². The Morgan fingerprint density at radius 3 is 2.71 bits per heavy atom. The smallest absolute Gasteiger partial charge is 0.337 e. The second-order valence-corrected chi connectivity index (χ2v) is 3.24. The summed E-state index contributed by atoms with van der Waals surface area (Å²) in [4.78, 5) is 11.3. The van der Waals surface area contributed by atoms with Gasteiger partial charge in [0.25, 0.3) is 0 Å². The Morgan fingerprint density at radius 1 is 1.64 bits per heavy atom. The highest BCUT2D eigenvalue weighted by molar-refractivity contribution is 7.80. The molecule has 0 saturated heterocycles. The van der Waals surface area contributed by atoms with Crippen molar-refractivity contribution in [2.45, 2.75) is 18.2 Å². The first kappa shape index (κ1) is 10.6. The Balaban J connectivity index is 3.53.